The summed E-state index contributed by atoms with van der Waals surface area (Å²) < 4.78 is 0. The lowest BCUT2D eigenvalue weighted by molar-refractivity contribution is -0.384. The molecule has 1 aliphatic heterocycles. The molecule has 0 atom stereocenters. The van der Waals surface area contributed by atoms with Crippen LogP contribution in [0.2, 0.25) is 10.0 Å². The predicted octanol–water partition coefficient (Wildman–Crippen LogP) is 4.50. The van der Waals surface area contributed by atoms with Crippen molar-refractivity contribution in [3.05, 3.63) is 78.7 Å². The fraction of sp³-hybridized carbons (Fsp3) is 0. The molecule has 3 rings (SSSR count). The number of thioether (sulfide) groups is 1. The summed E-state index contributed by atoms with van der Waals surface area (Å²) in [5.74, 6) is -0.371. The van der Waals surface area contributed by atoms with Gasteiger partial charge in [0.25, 0.3) is 11.6 Å². The number of hydrogen-bond donors (Lipinski definition) is 1. The third kappa shape index (κ3) is 4.73. The van der Waals surface area contributed by atoms with Gasteiger partial charge in [-0.05, 0) is 35.5 Å². The fourth-order valence-corrected chi connectivity index (χ4v) is 3.26. The standard InChI is InChI=1S/C17H10Cl2N4O3S/c18-12-4-2-1-3-11(12)9-20-22-17-21-16(24)15(27-17)8-10-5-6-13(19)14(7-10)23(25)26/h1-9H,(H,21,22,24)/b15-8+,20-9+. The van der Waals surface area contributed by atoms with Gasteiger partial charge in [0, 0.05) is 16.7 Å². The average Bonchev–Trinajstić information content (AvgIpc) is 2.97. The summed E-state index contributed by atoms with van der Waals surface area (Å²) in [6, 6.07) is 11.4. The van der Waals surface area contributed by atoms with Crippen LogP contribution in [-0.4, -0.2) is 22.2 Å². The third-order valence-electron chi connectivity index (χ3n) is 3.37. The van der Waals surface area contributed by atoms with E-state index in [-0.39, 0.29) is 21.8 Å². The maximum Gasteiger partial charge on any atom is 0.288 e. The number of nitro benzene ring substituents is 1. The average molecular weight is 421 g/mol. The first kappa shape index (κ1) is 19.1. The van der Waals surface area contributed by atoms with Crippen LogP contribution in [0.15, 0.2) is 57.6 Å². The molecule has 0 aromatic heterocycles. The number of amides is 1. The van der Waals surface area contributed by atoms with Gasteiger partial charge < -0.3 is 0 Å². The van der Waals surface area contributed by atoms with Crippen molar-refractivity contribution >= 4 is 64.0 Å². The number of carbonyl (C=O) groups is 1. The van der Waals surface area contributed by atoms with E-state index in [4.69, 9.17) is 23.2 Å². The van der Waals surface area contributed by atoms with Crippen molar-refractivity contribution in [2.45, 2.75) is 0 Å². The molecule has 1 aliphatic rings. The van der Waals surface area contributed by atoms with Crippen LogP contribution in [0.1, 0.15) is 11.1 Å². The van der Waals surface area contributed by atoms with Crippen LogP contribution in [-0.2, 0) is 4.79 Å². The summed E-state index contributed by atoms with van der Waals surface area (Å²) >= 11 is 12.9. The van der Waals surface area contributed by atoms with Crippen molar-refractivity contribution in [2.75, 3.05) is 0 Å². The van der Waals surface area contributed by atoms with Gasteiger partial charge in [0.1, 0.15) is 5.02 Å². The van der Waals surface area contributed by atoms with Crippen LogP contribution >= 0.6 is 35.0 Å². The Hall–Kier alpha value is -2.68. The minimum Gasteiger partial charge on any atom is -0.299 e. The zero-order chi connectivity index (χ0) is 19.4. The summed E-state index contributed by atoms with van der Waals surface area (Å²) in [4.78, 5) is 22.8. The van der Waals surface area contributed by atoms with E-state index < -0.39 is 4.92 Å². The van der Waals surface area contributed by atoms with Gasteiger partial charge in [-0.2, -0.15) is 5.10 Å². The SMILES string of the molecule is O=C1N/C(=N/N=C/c2ccccc2Cl)S/C1=C/c1ccc(Cl)c([N+](=O)[O-])c1. The number of halogens is 2. The predicted molar refractivity (Wildman–Crippen MR) is 108 cm³/mol. The zero-order valence-electron chi connectivity index (χ0n) is 13.4. The molecule has 2 aromatic rings. The molecule has 1 heterocycles. The molecule has 0 saturated carbocycles. The number of nitrogens with zero attached hydrogens (tertiary/aromatic N) is 3. The number of nitro groups is 1. The first-order valence-electron chi connectivity index (χ1n) is 7.44. The van der Waals surface area contributed by atoms with E-state index in [1.807, 2.05) is 6.07 Å². The monoisotopic (exact) mass is 420 g/mol. The van der Waals surface area contributed by atoms with Crippen LogP contribution in [0.4, 0.5) is 5.69 Å². The molecule has 0 spiro atoms. The van der Waals surface area contributed by atoms with Gasteiger partial charge in [0.05, 0.1) is 16.0 Å². The van der Waals surface area contributed by atoms with E-state index in [9.17, 15) is 14.9 Å². The van der Waals surface area contributed by atoms with E-state index in [1.165, 1.54) is 24.4 Å². The molecular weight excluding hydrogens is 411 g/mol. The molecule has 1 N–H and O–H groups in total. The number of benzene rings is 2. The Morgan fingerprint density at radius 1 is 1.15 bits per heavy atom. The van der Waals surface area contributed by atoms with Crippen LogP contribution in [0.25, 0.3) is 6.08 Å². The van der Waals surface area contributed by atoms with Gasteiger partial charge in [0.2, 0.25) is 0 Å². The summed E-state index contributed by atoms with van der Waals surface area (Å²) in [5.41, 5.74) is 0.944. The smallest absolute Gasteiger partial charge is 0.288 e. The van der Waals surface area contributed by atoms with Gasteiger partial charge in [-0.3, -0.25) is 20.2 Å². The molecule has 1 fully saturated rings. The Kier molecular flexibility index (Phi) is 5.90. The first-order valence-corrected chi connectivity index (χ1v) is 9.01. The lowest BCUT2D eigenvalue weighted by atomic mass is 10.2. The minimum atomic E-state index is -0.581. The number of nitrogens with one attached hydrogen (secondary N) is 1. The van der Waals surface area contributed by atoms with E-state index in [0.29, 0.717) is 21.1 Å². The normalized spacial score (nSPS) is 17.0. The Morgan fingerprint density at radius 2 is 1.93 bits per heavy atom. The van der Waals surface area contributed by atoms with Crippen LogP contribution in [0.3, 0.4) is 0 Å². The zero-order valence-corrected chi connectivity index (χ0v) is 15.8. The largest absolute Gasteiger partial charge is 0.299 e. The Bertz CT molecular complexity index is 1020. The minimum absolute atomic E-state index is 0.0295. The van der Waals surface area contributed by atoms with Gasteiger partial charge in [-0.15, -0.1) is 5.10 Å². The van der Waals surface area contributed by atoms with Crippen LogP contribution in [0, 0.1) is 10.1 Å². The van der Waals surface area contributed by atoms with Crippen molar-refractivity contribution in [3.63, 3.8) is 0 Å². The lowest BCUT2D eigenvalue weighted by Crippen LogP contribution is -2.19. The van der Waals surface area contributed by atoms with Crippen molar-refractivity contribution < 1.29 is 9.72 Å². The Labute approximate surface area is 167 Å². The van der Waals surface area contributed by atoms with Crippen molar-refractivity contribution in [2.24, 2.45) is 10.2 Å². The molecule has 0 radical (unpaired) electrons. The van der Waals surface area contributed by atoms with Crippen LogP contribution in [0.5, 0.6) is 0 Å². The molecule has 10 heteroatoms. The molecule has 0 aliphatic carbocycles. The first-order chi connectivity index (χ1) is 12.9. The number of hydrogen-bond acceptors (Lipinski definition) is 6. The highest BCUT2D eigenvalue weighted by Gasteiger charge is 2.24. The summed E-state index contributed by atoms with van der Waals surface area (Å²) in [6.45, 7) is 0. The summed E-state index contributed by atoms with van der Waals surface area (Å²) in [6.07, 6.45) is 3.00. The molecule has 1 saturated heterocycles. The molecule has 1 amide bonds. The number of rotatable bonds is 4. The Balaban J connectivity index is 1.77. The van der Waals surface area contributed by atoms with E-state index in [2.05, 4.69) is 15.5 Å². The quantitative estimate of drug-likeness (QED) is 0.340. The molecule has 2 aromatic carbocycles. The van der Waals surface area contributed by atoms with E-state index >= 15 is 0 Å². The van der Waals surface area contributed by atoms with E-state index in [1.54, 1.807) is 24.3 Å². The molecule has 0 unspecified atom stereocenters. The second-order valence-electron chi connectivity index (χ2n) is 5.20. The molecule has 27 heavy (non-hydrogen) atoms. The molecule has 7 nitrogen and oxygen atoms in total. The van der Waals surface area contributed by atoms with Crippen LogP contribution < -0.4 is 5.32 Å². The van der Waals surface area contributed by atoms with Gasteiger partial charge in [0.15, 0.2) is 5.17 Å². The number of carbonyl (C=O) groups excluding carboxylic acids is 1. The highest BCUT2D eigenvalue weighted by atomic mass is 35.5. The van der Waals surface area contributed by atoms with Gasteiger partial charge in [-0.25, -0.2) is 0 Å². The third-order valence-corrected chi connectivity index (χ3v) is 4.93. The fourth-order valence-electron chi connectivity index (χ4n) is 2.11. The second kappa shape index (κ2) is 8.34. The molecular formula is C17H10Cl2N4O3S. The maximum absolute atomic E-state index is 12.0. The second-order valence-corrected chi connectivity index (χ2v) is 7.05. The topological polar surface area (TPSA) is 97.0 Å². The Morgan fingerprint density at radius 3 is 2.67 bits per heavy atom. The van der Waals surface area contributed by atoms with Gasteiger partial charge >= 0.3 is 0 Å². The highest BCUT2D eigenvalue weighted by molar-refractivity contribution is 8.18. The number of amidine groups is 1. The van der Waals surface area contributed by atoms with Crippen molar-refractivity contribution in [1.82, 2.24) is 5.32 Å². The van der Waals surface area contributed by atoms with E-state index in [0.717, 1.165) is 11.8 Å². The van der Waals surface area contributed by atoms with Crippen molar-refractivity contribution in [3.8, 4) is 0 Å². The lowest BCUT2D eigenvalue weighted by Gasteiger charge is -1.98. The summed E-state index contributed by atoms with van der Waals surface area (Å²) in [5, 5.41) is 22.3. The summed E-state index contributed by atoms with van der Waals surface area (Å²) in [7, 11) is 0. The van der Waals surface area contributed by atoms with Gasteiger partial charge in [-0.1, -0.05) is 47.5 Å². The molecule has 0 bridgehead atoms. The highest BCUT2D eigenvalue weighted by Crippen LogP contribution is 2.30. The maximum atomic E-state index is 12.0. The van der Waals surface area contributed by atoms with Crippen molar-refractivity contribution in [1.29, 1.82) is 0 Å². The molecule has 136 valence electrons.